The van der Waals surface area contributed by atoms with Gasteiger partial charge in [0.05, 0.1) is 0 Å². The first-order chi connectivity index (χ1) is 3.13. The van der Waals surface area contributed by atoms with E-state index in [2.05, 4.69) is 0 Å². The summed E-state index contributed by atoms with van der Waals surface area (Å²) < 4.78 is 1.07. The van der Waals surface area contributed by atoms with Crippen molar-refractivity contribution < 1.29 is 9.90 Å². The number of aliphatic carboxylic acids is 1. The van der Waals surface area contributed by atoms with E-state index in [0.717, 1.165) is 4.42 Å². The van der Waals surface area contributed by atoms with Gasteiger partial charge in [-0.15, -0.1) is 0 Å². The zero-order valence-electron chi connectivity index (χ0n) is 3.89. The third-order valence-corrected chi connectivity index (χ3v) is 0.473. The lowest BCUT2D eigenvalue weighted by Crippen LogP contribution is -2.15. The van der Waals surface area contributed by atoms with Crippen molar-refractivity contribution in [3.8, 4) is 0 Å². The van der Waals surface area contributed by atoms with E-state index in [1.165, 1.54) is 7.05 Å². The SMILES string of the molecule is CN(Cl)CC(=O)O. The molecule has 0 aliphatic rings. The van der Waals surface area contributed by atoms with Crippen LogP contribution < -0.4 is 0 Å². The highest BCUT2D eigenvalue weighted by atomic mass is 35.5. The zero-order chi connectivity index (χ0) is 5.86. The van der Waals surface area contributed by atoms with E-state index in [4.69, 9.17) is 16.9 Å². The summed E-state index contributed by atoms with van der Waals surface area (Å²) >= 11 is 5.13. The van der Waals surface area contributed by atoms with Crippen molar-refractivity contribution in [3.05, 3.63) is 0 Å². The second-order valence-corrected chi connectivity index (χ2v) is 1.73. The lowest BCUT2D eigenvalue weighted by Gasteiger charge is -1.97. The van der Waals surface area contributed by atoms with Crippen molar-refractivity contribution in [3.63, 3.8) is 0 Å². The Kier molecular flexibility index (Phi) is 2.71. The van der Waals surface area contributed by atoms with Crippen LogP contribution in [0.5, 0.6) is 0 Å². The molecule has 0 fully saturated rings. The molecule has 3 nitrogen and oxygen atoms in total. The van der Waals surface area contributed by atoms with Crippen LogP contribution in [-0.2, 0) is 4.79 Å². The Hall–Kier alpha value is -0.280. The van der Waals surface area contributed by atoms with Crippen LogP contribution in [0.3, 0.4) is 0 Å². The molecule has 0 unspecified atom stereocenters. The van der Waals surface area contributed by atoms with Crippen LogP contribution in [0.15, 0.2) is 0 Å². The molecule has 0 aromatic heterocycles. The van der Waals surface area contributed by atoms with Gasteiger partial charge in [-0.25, -0.2) is 4.42 Å². The topological polar surface area (TPSA) is 40.5 Å². The molecule has 7 heavy (non-hydrogen) atoms. The summed E-state index contributed by atoms with van der Waals surface area (Å²) in [7, 11) is 1.48. The average molecular weight is 124 g/mol. The molecule has 4 heteroatoms. The number of carbonyl (C=O) groups is 1. The first-order valence-electron chi connectivity index (χ1n) is 1.71. The molecular weight excluding hydrogens is 117 g/mol. The first-order valence-corrected chi connectivity index (χ1v) is 2.05. The van der Waals surface area contributed by atoms with Gasteiger partial charge in [-0.2, -0.15) is 0 Å². The number of carboxylic acid groups (broad SMARTS) is 1. The van der Waals surface area contributed by atoms with Crippen molar-refractivity contribution in [1.29, 1.82) is 0 Å². The van der Waals surface area contributed by atoms with Crippen LogP contribution in [0.1, 0.15) is 0 Å². The summed E-state index contributed by atoms with van der Waals surface area (Å²) in [4.78, 5) is 9.68. The van der Waals surface area contributed by atoms with Crippen molar-refractivity contribution >= 4 is 17.7 Å². The smallest absolute Gasteiger partial charge is 0.319 e. The fraction of sp³-hybridized carbons (Fsp3) is 0.667. The summed E-state index contributed by atoms with van der Waals surface area (Å²) in [5.41, 5.74) is 0. The number of hydrogen-bond donors (Lipinski definition) is 1. The normalized spacial score (nSPS) is 9.57. The summed E-state index contributed by atoms with van der Waals surface area (Å²) in [6.07, 6.45) is 0. The predicted molar refractivity (Wildman–Crippen MR) is 26.1 cm³/mol. The van der Waals surface area contributed by atoms with Gasteiger partial charge < -0.3 is 5.11 Å². The van der Waals surface area contributed by atoms with Crippen LogP contribution in [0.4, 0.5) is 0 Å². The second-order valence-electron chi connectivity index (χ2n) is 1.16. The third-order valence-electron chi connectivity index (χ3n) is 0.353. The fourth-order valence-corrected chi connectivity index (χ4v) is 0.289. The molecule has 0 saturated carbocycles. The molecule has 0 amide bonds. The molecule has 0 aliphatic heterocycles. The van der Waals surface area contributed by atoms with Crippen LogP contribution in [0.2, 0.25) is 0 Å². The van der Waals surface area contributed by atoms with Crippen molar-refractivity contribution in [2.45, 2.75) is 0 Å². The van der Waals surface area contributed by atoms with Gasteiger partial charge in [0.2, 0.25) is 0 Å². The lowest BCUT2D eigenvalue weighted by atomic mass is 10.7. The third kappa shape index (κ3) is 5.72. The van der Waals surface area contributed by atoms with E-state index < -0.39 is 5.97 Å². The van der Waals surface area contributed by atoms with Crippen molar-refractivity contribution in [2.24, 2.45) is 0 Å². The molecule has 1 N–H and O–H groups in total. The van der Waals surface area contributed by atoms with E-state index in [9.17, 15) is 4.79 Å². The molecule has 0 saturated heterocycles. The largest absolute Gasteiger partial charge is 0.480 e. The number of rotatable bonds is 2. The predicted octanol–water partition coefficient (Wildman–Crippen LogP) is 0.157. The van der Waals surface area contributed by atoms with Crippen molar-refractivity contribution in [1.82, 2.24) is 4.42 Å². The van der Waals surface area contributed by atoms with Crippen molar-refractivity contribution in [2.75, 3.05) is 13.6 Å². The molecule has 0 aromatic carbocycles. The molecule has 0 rings (SSSR count). The van der Waals surface area contributed by atoms with Crippen LogP contribution >= 0.6 is 11.8 Å². The summed E-state index contributed by atoms with van der Waals surface area (Å²) in [6, 6.07) is 0. The minimum Gasteiger partial charge on any atom is -0.480 e. The van der Waals surface area contributed by atoms with Gasteiger partial charge in [-0.1, -0.05) is 0 Å². The van der Waals surface area contributed by atoms with E-state index >= 15 is 0 Å². The Balaban J connectivity index is 3.13. The summed E-state index contributed by atoms with van der Waals surface area (Å²) in [6.45, 7) is -0.123. The monoisotopic (exact) mass is 123 g/mol. The minimum atomic E-state index is -0.919. The molecular formula is C3H6ClNO2. The van der Waals surface area contributed by atoms with Gasteiger partial charge in [0.1, 0.15) is 6.54 Å². The van der Waals surface area contributed by atoms with E-state index in [0.29, 0.717) is 0 Å². The molecule has 0 bridgehead atoms. The Morgan fingerprint density at radius 2 is 2.43 bits per heavy atom. The lowest BCUT2D eigenvalue weighted by molar-refractivity contribution is -0.136. The molecule has 0 aliphatic carbocycles. The van der Waals surface area contributed by atoms with E-state index in [1.807, 2.05) is 0 Å². The average Bonchev–Trinajstić information content (AvgIpc) is 1.27. The Morgan fingerprint density at radius 1 is 2.00 bits per heavy atom. The minimum absolute atomic E-state index is 0.123. The Morgan fingerprint density at radius 3 is 2.43 bits per heavy atom. The van der Waals surface area contributed by atoms with Gasteiger partial charge in [0, 0.05) is 7.05 Å². The first kappa shape index (κ1) is 6.72. The summed E-state index contributed by atoms with van der Waals surface area (Å²) in [5, 5.41) is 7.96. The van der Waals surface area contributed by atoms with E-state index in [-0.39, 0.29) is 6.54 Å². The molecule has 42 valence electrons. The molecule has 0 heterocycles. The van der Waals surface area contributed by atoms with Crippen LogP contribution in [-0.4, -0.2) is 29.1 Å². The maximum atomic E-state index is 9.68. The zero-order valence-corrected chi connectivity index (χ0v) is 4.64. The molecule has 0 aromatic rings. The van der Waals surface area contributed by atoms with Gasteiger partial charge in [0.25, 0.3) is 0 Å². The summed E-state index contributed by atoms with van der Waals surface area (Å²) in [5.74, 6) is -0.919. The molecule has 0 spiro atoms. The maximum absolute atomic E-state index is 9.68. The Labute approximate surface area is 46.6 Å². The number of nitrogens with zero attached hydrogens (tertiary/aromatic N) is 1. The standard InChI is InChI=1S/C3H6ClNO2/c1-5(4)2-3(6)7/h2H2,1H3,(H,6,7). The van der Waals surface area contributed by atoms with Gasteiger partial charge in [0.15, 0.2) is 0 Å². The second kappa shape index (κ2) is 2.82. The maximum Gasteiger partial charge on any atom is 0.319 e. The quantitative estimate of drug-likeness (QED) is 0.532. The fourth-order valence-electron chi connectivity index (χ4n) is 0.186. The van der Waals surface area contributed by atoms with Gasteiger partial charge in [-0.3, -0.25) is 4.79 Å². The number of carboxylic acids is 1. The number of halogens is 1. The highest BCUT2D eigenvalue weighted by molar-refractivity contribution is 6.14. The highest BCUT2D eigenvalue weighted by Gasteiger charge is 1.97. The highest BCUT2D eigenvalue weighted by Crippen LogP contribution is 1.83. The van der Waals surface area contributed by atoms with Crippen LogP contribution in [0.25, 0.3) is 0 Å². The van der Waals surface area contributed by atoms with Gasteiger partial charge in [-0.05, 0) is 11.8 Å². The van der Waals surface area contributed by atoms with E-state index in [1.54, 1.807) is 0 Å². The number of likely N-dealkylation sites (N-methyl/N-ethyl adjacent to an activating group) is 1. The molecule has 0 atom stereocenters. The number of hydrogen-bond acceptors (Lipinski definition) is 2. The van der Waals surface area contributed by atoms with Crippen LogP contribution in [0, 0.1) is 0 Å². The van der Waals surface area contributed by atoms with Gasteiger partial charge >= 0.3 is 5.97 Å². The molecule has 0 radical (unpaired) electrons. The Bertz CT molecular complexity index is 73.3.